The van der Waals surface area contributed by atoms with Crippen molar-refractivity contribution in [3.63, 3.8) is 0 Å². The summed E-state index contributed by atoms with van der Waals surface area (Å²) in [6.07, 6.45) is 5.21. The standard InChI is InChI=1S/C13H23NO3/c1-2-10-3-4-11(7-10)14-5-6-17-12(9-14)8-13(15)16/h10-12H,2-9H2,1H3,(H,15,16). The molecule has 3 atom stereocenters. The van der Waals surface area contributed by atoms with Gasteiger partial charge in [0.1, 0.15) is 0 Å². The van der Waals surface area contributed by atoms with E-state index in [-0.39, 0.29) is 12.5 Å². The third kappa shape index (κ3) is 3.42. The monoisotopic (exact) mass is 241 g/mol. The molecule has 0 aromatic rings. The molecule has 0 amide bonds. The fraction of sp³-hybridized carbons (Fsp3) is 0.923. The van der Waals surface area contributed by atoms with E-state index in [1.807, 2.05) is 0 Å². The van der Waals surface area contributed by atoms with Gasteiger partial charge in [-0.15, -0.1) is 0 Å². The molecule has 2 rings (SSSR count). The summed E-state index contributed by atoms with van der Waals surface area (Å²) >= 11 is 0. The topological polar surface area (TPSA) is 49.8 Å². The highest BCUT2D eigenvalue weighted by atomic mass is 16.5. The molecule has 17 heavy (non-hydrogen) atoms. The molecule has 0 aromatic carbocycles. The first-order valence-electron chi connectivity index (χ1n) is 6.76. The third-order valence-corrected chi connectivity index (χ3v) is 4.18. The van der Waals surface area contributed by atoms with Crippen molar-refractivity contribution < 1.29 is 14.6 Å². The summed E-state index contributed by atoms with van der Waals surface area (Å²) in [6.45, 7) is 4.72. The summed E-state index contributed by atoms with van der Waals surface area (Å²) in [5, 5.41) is 8.80. The molecular formula is C13H23NO3. The summed E-state index contributed by atoms with van der Waals surface area (Å²) in [5.74, 6) is 0.121. The molecule has 4 heteroatoms. The first-order valence-corrected chi connectivity index (χ1v) is 6.76. The van der Waals surface area contributed by atoms with Crippen molar-refractivity contribution in [2.45, 2.75) is 51.2 Å². The SMILES string of the molecule is CCC1CCC(N2CCOC(CC(=O)O)C2)C1. The van der Waals surface area contributed by atoms with Crippen molar-refractivity contribution >= 4 is 5.97 Å². The maximum Gasteiger partial charge on any atom is 0.306 e. The van der Waals surface area contributed by atoms with E-state index < -0.39 is 5.97 Å². The van der Waals surface area contributed by atoms with Gasteiger partial charge in [-0.2, -0.15) is 0 Å². The summed E-state index contributed by atoms with van der Waals surface area (Å²) < 4.78 is 5.51. The van der Waals surface area contributed by atoms with Gasteiger partial charge >= 0.3 is 5.97 Å². The Morgan fingerprint density at radius 2 is 2.29 bits per heavy atom. The summed E-state index contributed by atoms with van der Waals surface area (Å²) in [5.41, 5.74) is 0. The highest BCUT2D eigenvalue weighted by Gasteiger charge is 2.32. The average Bonchev–Trinajstić information content (AvgIpc) is 2.77. The first-order chi connectivity index (χ1) is 8.19. The van der Waals surface area contributed by atoms with Crippen LogP contribution in [0.2, 0.25) is 0 Å². The smallest absolute Gasteiger partial charge is 0.306 e. The Hall–Kier alpha value is -0.610. The predicted molar refractivity (Wildman–Crippen MR) is 65.0 cm³/mol. The Kier molecular flexibility index (Phi) is 4.40. The minimum atomic E-state index is -0.755. The van der Waals surface area contributed by atoms with Gasteiger partial charge in [0.15, 0.2) is 0 Å². The van der Waals surface area contributed by atoms with Crippen molar-refractivity contribution in [1.29, 1.82) is 0 Å². The molecule has 0 bridgehead atoms. The normalized spacial score (nSPS) is 35.0. The summed E-state index contributed by atoms with van der Waals surface area (Å²) in [6, 6.07) is 0.667. The van der Waals surface area contributed by atoms with E-state index in [0.717, 1.165) is 19.0 Å². The zero-order valence-electron chi connectivity index (χ0n) is 10.6. The second-order valence-electron chi connectivity index (χ2n) is 5.33. The Balaban J connectivity index is 1.83. The van der Waals surface area contributed by atoms with Gasteiger partial charge < -0.3 is 9.84 Å². The minimum Gasteiger partial charge on any atom is -0.481 e. The number of rotatable bonds is 4. The summed E-state index contributed by atoms with van der Waals surface area (Å²) in [7, 11) is 0. The molecule has 1 saturated carbocycles. The second-order valence-corrected chi connectivity index (χ2v) is 5.33. The quantitative estimate of drug-likeness (QED) is 0.814. The molecule has 3 unspecified atom stereocenters. The number of morpholine rings is 1. The van der Waals surface area contributed by atoms with Crippen molar-refractivity contribution in [2.75, 3.05) is 19.7 Å². The number of hydrogen-bond donors (Lipinski definition) is 1. The molecule has 1 saturated heterocycles. The molecule has 2 fully saturated rings. The van der Waals surface area contributed by atoms with Crippen LogP contribution in [0.4, 0.5) is 0 Å². The highest BCUT2D eigenvalue weighted by Crippen LogP contribution is 2.32. The number of hydrogen-bond acceptors (Lipinski definition) is 3. The zero-order valence-corrected chi connectivity index (χ0v) is 10.6. The van der Waals surface area contributed by atoms with Crippen LogP contribution in [0.5, 0.6) is 0 Å². The van der Waals surface area contributed by atoms with E-state index >= 15 is 0 Å². The first kappa shape index (κ1) is 12.8. The molecule has 0 spiro atoms. The van der Waals surface area contributed by atoms with E-state index in [1.165, 1.54) is 25.7 Å². The predicted octanol–water partition coefficient (Wildman–Crippen LogP) is 1.74. The lowest BCUT2D eigenvalue weighted by molar-refractivity contribution is -0.142. The van der Waals surface area contributed by atoms with Gasteiger partial charge in [-0.25, -0.2) is 0 Å². The molecule has 0 aromatic heterocycles. The van der Waals surface area contributed by atoms with Crippen LogP contribution in [0.25, 0.3) is 0 Å². The lowest BCUT2D eigenvalue weighted by Gasteiger charge is -2.36. The number of aliphatic carboxylic acids is 1. The zero-order chi connectivity index (χ0) is 12.3. The van der Waals surface area contributed by atoms with Crippen molar-refractivity contribution in [1.82, 2.24) is 4.90 Å². The average molecular weight is 241 g/mol. The maximum absolute atomic E-state index is 10.7. The van der Waals surface area contributed by atoms with E-state index in [1.54, 1.807) is 0 Å². The van der Waals surface area contributed by atoms with E-state index in [4.69, 9.17) is 9.84 Å². The van der Waals surface area contributed by atoms with Gasteiger partial charge in [0, 0.05) is 19.1 Å². The van der Waals surface area contributed by atoms with Crippen LogP contribution in [0.1, 0.15) is 39.0 Å². The lowest BCUT2D eigenvalue weighted by Crippen LogP contribution is -2.47. The minimum absolute atomic E-state index is 0.109. The molecule has 1 heterocycles. The molecule has 1 aliphatic heterocycles. The number of nitrogens with zero attached hydrogens (tertiary/aromatic N) is 1. The maximum atomic E-state index is 10.7. The molecule has 98 valence electrons. The Labute approximate surface area is 103 Å². The van der Waals surface area contributed by atoms with Gasteiger partial charge in [-0.1, -0.05) is 13.3 Å². The van der Waals surface area contributed by atoms with Gasteiger partial charge in [-0.05, 0) is 25.2 Å². The van der Waals surface area contributed by atoms with E-state index in [0.29, 0.717) is 12.6 Å². The molecule has 1 aliphatic carbocycles. The third-order valence-electron chi connectivity index (χ3n) is 4.18. The van der Waals surface area contributed by atoms with Gasteiger partial charge in [0.25, 0.3) is 0 Å². The number of ether oxygens (including phenoxy) is 1. The Bertz CT molecular complexity index is 269. The Morgan fingerprint density at radius 1 is 1.47 bits per heavy atom. The van der Waals surface area contributed by atoms with Gasteiger partial charge in [-0.3, -0.25) is 9.69 Å². The van der Waals surface area contributed by atoms with Crippen molar-refractivity contribution in [3.05, 3.63) is 0 Å². The highest BCUT2D eigenvalue weighted by molar-refractivity contribution is 5.67. The number of carbonyl (C=O) groups is 1. The van der Waals surface area contributed by atoms with Gasteiger partial charge in [0.2, 0.25) is 0 Å². The Morgan fingerprint density at radius 3 is 2.94 bits per heavy atom. The largest absolute Gasteiger partial charge is 0.481 e. The van der Waals surface area contributed by atoms with Crippen LogP contribution < -0.4 is 0 Å². The molecule has 1 N–H and O–H groups in total. The van der Waals surface area contributed by atoms with Crippen LogP contribution >= 0.6 is 0 Å². The van der Waals surface area contributed by atoms with Gasteiger partial charge in [0.05, 0.1) is 19.1 Å². The summed E-state index contributed by atoms with van der Waals surface area (Å²) in [4.78, 5) is 13.1. The number of carboxylic acids is 1. The van der Waals surface area contributed by atoms with E-state index in [9.17, 15) is 4.79 Å². The fourth-order valence-electron chi connectivity index (χ4n) is 3.14. The van der Waals surface area contributed by atoms with Crippen LogP contribution in [-0.4, -0.2) is 47.8 Å². The molecule has 2 aliphatic rings. The molecule has 0 radical (unpaired) electrons. The molecule has 4 nitrogen and oxygen atoms in total. The lowest BCUT2D eigenvalue weighted by atomic mass is 10.0. The fourth-order valence-corrected chi connectivity index (χ4v) is 3.14. The van der Waals surface area contributed by atoms with E-state index in [2.05, 4.69) is 11.8 Å². The van der Waals surface area contributed by atoms with Crippen LogP contribution in [0, 0.1) is 5.92 Å². The van der Waals surface area contributed by atoms with Crippen LogP contribution in [-0.2, 0) is 9.53 Å². The van der Waals surface area contributed by atoms with Crippen molar-refractivity contribution in [3.8, 4) is 0 Å². The number of carboxylic acid groups (broad SMARTS) is 1. The molecular weight excluding hydrogens is 218 g/mol. The van der Waals surface area contributed by atoms with Crippen LogP contribution in [0.3, 0.4) is 0 Å². The van der Waals surface area contributed by atoms with Crippen molar-refractivity contribution in [2.24, 2.45) is 5.92 Å². The van der Waals surface area contributed by atoms with Crippen LogP contribution in [0.15, 0.2) is 0 Å². The second kappa shape index (κ2) is 5.83.